The van der Waals surface area contributed by atoms with E-state index in [4.69, 9.17) is 17.3 Å². The number of nitrogen functional groups attached to an aromatic ring is 1. The molecule has 0 aliphatic carbocycles. The number of nitrogens with one attached hydrogen (secondary N) is 1. The number of fused-ring (bicyclic) bond motifs is 1. The van der Waals surface area contributed by atoms with Crippen LogP contribution in [0.25, 0.3) is 10.8 Å². The number of aryl methyl sites for hydroxylation is 1. The minimum Gasteiger partial charge on any atom is -0.383 e. The first kappa shape index (κ1) is 23.5. The number of Topliss-reactive ketones (excluding diaryl/α,β-unsaturated/α-hetero) is 1. The van der Waals surface area contributed by atoms with Crippen LogP contribution in [-0.2, 0) is 6.42 Å². The van der Waals surface area contributed by atoms with Crippen LogP contribution in [0.5, 0.6) is 0 Å². The number of halogens is 1. The zero-order valence-electron chi connectivity index (χ0n) is 19.4. The topological polar surface area (TPSA) is 84.1 Å². The van der Waals surface area contributed by atoms with Gasteiger partial charge in [-0.3, -0.25) is 4.79 Å². The van der Waals surface area contributed by atoms with E-state index in [2.05, 4.69) is 40.1 Å². The van der Waals surface area contributed by atoms with Crippen molar-refractivity contribution in [1.29, 1.82) is 0 Å². The van der Waals surface area contributed by atoms with Crippen molar-refractivity contribution in [3.8, 4) is 0 Å². The number of pyridine rings is 2. The highest BCUT2D eigenvalue weighted by atomic mass is 35.5. The van der Waals surface area contributed by atoms with Crippen LogP contribution in [-0.4, -0.2) is 46.3 Å². The maximum atomic E-state index is 13.1. The number of ketones is 1. The fourth-order valence-electron chi connectivity index (χ4n) is 4.57. The molecule has 1 aromatic carbocycles. The van der Waals surface area contributed by atoms with Gasteiger partial charge in [0.2, 0.25) is 0 Å². The number of anilines is 2. The molecule has 1 aliphatic heterocycles. The van der Waals surface area contributed by atoms with Crippen LogP contribution in [0.2, 0.25) is 5.02 Å². The Hall–Kier alpha value is -2.70. The van der Waals surface area contributed by atoms with Gasteiger partial charge in [0.1, 0.15) is 11.6 Å². The molecule has 3 heterocycles. The summed E-state index contributed by atoms with van der Waals surface area (Å²) in [4.78, 5) is 24.2. The number of piperidine rings is 1. The third kappa shape index (κ3) is 5.81. The lowest BCUT2D eigenvalue weighted by atomic mass is 9.96. The van der Waals surface area contributed by atoms with E-state index in [9.17, 15) is 4.79 Å². The number of benzene rings is 1. The van der Waals surface area contributed by atoms with Crippen LogP contribution in [0.15, 0.2) is 42.7 Å². The van der Waals surface area contributed by atoms with Crippen molar-refractivity contribution in [2.45, 2.75) is 45.6 Å². The molecule has 0 bridgehead atoms. The number of hydrogen-bond acceptors (Lipinski definition) is 6. The number of carbonyl (C=O) groups excluding carboxylic acids is 1. The summed E-state index contributed by atoms with van der Waals surface area (Å²) in [7, 11) is 0. The van der Waals surface area contributed by atoms with Gasteiger partial charge in [-0.25, -0.2) is 9.97 Å². The largest absolute Gasteiger partial charge is 0.383 e. The zero-order chi connectivity index (χ0) is 23.4. The van der Waals surface area contributed by atoms with E-state index in [1.807, 2.05) is 18.2 Å². The number of aromatic nitrogens is 2. The second kappa shape index (κ2) is 10.5. The van der Waals surface area contributed by atoms with Gasteiger partial charge in [0.05, 0.1) is 10.6 Å². The normalized spacial score (nSPS) is 16.9. The Morgan fingerprint density at radius 3 is 2.94 bits per heavy atom. The van der Waals surface area contributed by atoms with E-state index in [-0.39, 0.29) is 5.78 Å². The molecule has 0 saturated carbocycles. The fraction of sp³-hybridized carbons (Fsp3) is 0.423. The molecule has 7 heteroatoms. The van der Waals surface area contributed by atoms with Gasteiger partial charge < -0.3 is 16.0 Å². The molecule has 0 spiro atoms. The molecule has 1 fully saturated rings. The highest BCUT2D eigenvalue weighted by Gasteiger charge is 2.22. The Morgan fingerprint density at radius 2 is 2.12 bits per heavy atom. The molecule has 1 atom stereocenters. The Balaban J connectivity index is 1.41. The van der Waals surface area contributed by atoms with Crippen molar-refractivity contribution >= 4 is 39.8 Å². The number of carbonyl (C=O) groups is 1. The molecule has 0 radical (unpaired) electrons. The summed E-state index contributed by atoms with van der Waals surface area (Å²) in [6.07, 6.45) is 6.72. The molecular weight excluding hydrogens is 434 g/mol. The first-order chi connectivity index (χ1) is 15.9. The minimum atomic E-state index is 0.0364. The van der Waals surface area contributed by atoms with Crippen molar-refractivity contribution in [2.24, 2.45) is 5.92 Å². The monoisotopic (exact) mass is 465 g/mol. The molecule has 2 aromatic heterocycles. The number of likely N-dealkylation sites (tertiary alicyclic amines) is 1. The molecule has 1 unspecified atom stereocenters. The molecule has 0 amide bonds. The average Bonchev–Trinajstić information content (AvgIpc) is 2.82. The molecule has 174 valence electrons. The molecular formula is C26H32ClN5O. The SMILES string of the molecule is CC(C)N1CCCC(CNc2ncc(Cl)cc2C(=O)CCc2ccc3c(N)nccc3c2)C1. The fourth-order valence-corrected chi connectivity index (χ4v) is 4.72. The Labute approximate surface area is 200 Å². The summed E-state index contributed by atoms with van der Waals surface area (Å²) in [5.74, 6) is 1.73. The van der Waals surface area contributed by atoms with E-state index < -0.39 is 0 Å². The number of nitrogens with two attached hydrogens (primary N) is 1. The van der Waals surface area contributed by atoms with Gasteiger partial charge in [-0.15, -0.1) is 0 Å². The summed E-state index contributed by atoms with van der Waals surface area (Å²) in [6.45, 7) is 7.53. The van der Waals surface area contributed by atoms with Gasteiger partial charge in [0, 0.05) is 43.3 Å². The number of hydrogen-bond donors (Lipinski definition) is 2. The van der Waals surface area contributed by atoms with Crippen molar-refractivity contribution in [2.75, 3.05) is 30.7 Å². The van der Waals surface area contributed by atoms with E-state index in [1.165, 1.54) is 12.8 Å². The second-order valence-electron chi connectivity index (χ2n) is 9.20. The van der Waals surface area contributed by atoms with Gasteiger partial charge in [0.25, 0.3) is 0 Å². The van der Waals surface area contributed by atoms with Crippen molar-refractivity contribution in [3.63, 3.8) is 0 Å². The molecule has 1 saturated heterocycles. The Kier molecular flexibility index (Phi) is 7.46. The summed E-state index contributed by atoms with van der Waals surface area (Å²) >= 11 is 6.19. The first-order valence-electron chi connectivity index (χ1n) is 11.7. The van der Waals surface area contributed by atoms with Gasteiger partial charge in [-0.1, -0.05) is 29.8 Å². The van der Waals surface area contributed by atoms with Crippen LogP contribution in [0.1, 0.15) is 49.0 Å². The maximum absolute atomic E-state index is 13.1. The van der Waals surface area contributed by atoms with E-state index in [0.717, 1.165) is 36.0 Å². The van der Waals surface area contributed by atoms with Crippen LogP contribution < -0.4 is 11.1 Å². The predicted octanol–water partition coefficient (Wildman–Crippen LogP) is 5.21. The van der Waals surface area contributed by atoms with Gasteiger partial charge in [0.15, 0.2) is 5.78 Å². The van der Waals surface area contributed by atoms with Crippen LogP contribution in [0, 0.1) is 5.92 Å². The molecule has 6 nitrogen and oxygen atoms in total. The standard InChI is InChI=1S/C26H32ClN5O/c1-17(2)32-11-3-4-19(16-32)14-30-26-23(13-21(27)15-31-26)24(33)8-6-18-5-7-22-20(12-18)9-10-29-25(22)28/h5,7,9-10,12-13,15,17,19H,3-4,6,8,11,14,16H2,1-2H3,(H2,28,29)(H,30,31). The first-order valence-corrected chi connectivity index (χ1v) is 12.1. The molecule has 3 aromatic rings. The summed E-state index contributed by atoms with van der Waals surface area (Å²) < 4.78 is 0. The minimum absolute atomic E-state index is 0.0364. The highest BCUT2D eigenvalue weighted by Crippen LogP contribution is 2.24. The quantitative estimate of drug-likeness (QED) is 0.444. The van der Waals surface area contributed by atoms with Gasteiger partial charge in [-0.05, 0) is 68.7 Å². The van der Waals surface area contributed by atoms with Crippen LogP contribution in [0.4, 0.5) is 11.6 Å². The van der Waals surface area contributed by atoms with E-state index in [0.29, 0.717) is 47.0 Å². The second-order valence-corrected chi connectivity index (χ2v) is 9.64. The van der Waals surface area contributed by atoms with Crippen molar-refractivity contribution in [3.05, 3.63) is 58.9 Å². The summed E-state index contributed by atoms with van der Waals surface area (Å²) in [6, 6.07) is 10.3. The highest BCUT2D eigenvalue weighted by molar-refractivity contribution is 6.31. The lowest BCUT2D eigenvalue weighted by molar-refractivity contribution is 0.0983. The molecule has 4 rings (SSSR count). The summed E-state index contributed by atoms with van der Waals surface area (Å²) in [5, 5.41) is 5.87. The van der Waals surface area contributed by atoms with Crippen LogP contribution >= 0.6 is 11.6 Å². The van der Waals surface area contributed by atoms with Crippen LogP contribution in [0.3, 0.4) is 0 Å². The smallest absolute Gasteiger partial charge is 0.166 e. The van der Waals surface area contributed by atoms with Crippen molar-refractivity contribution < 1.29 is 4.79 Å². The average molecular weight is 466 g/mol. The third-order valence-corrected chi connectivity index (χ3v) is 6.70. The lowest BCUT2D eigenvalue weighted by Gasteiger charge is -2.35. The molecule has 3 N–H and O–H groups in total. The number of rotatable bonds is 8. The zero-order valence-corrected chi connectivity index (χ0v) is 20.1. The number of nitrogens with zero attached hydrogens (tertiary/aromatic N) is 3. The van der Waals surface area contributed by atoms with E-state index in [1.54, 1.807) is 18.5 Å². The molecule has 1 aliphatic rings. The Morgan fingerprint density at radius 1 is 1.27 bits per heavy atom. The maximum Gasteiger partial charge on any atom is 0.166 e. The predicted molar refractivity (Wildman–Crippen MR) is 136 cm³/mol. The van der Waals surface area contributed by atoms with Crippen molar-refractivity contribution in [1.82, 2.24) is 14.9 Å². The van der Waals surface area contributed by atoms with Gasteiger partial charge in [-0.2, -0.15) is 0 Å². The lowest BCUT2D eigenvalue weighted by Crippen LogP contribution is -2.41. The molecule has 33 heavy (non-hydrogen) atoms. The Bertz CT molecular complexity index is 1130. The van der Waals surface area contributed by atoms with E-state index >= 15 is 0 Å². The van der Waals surface area contributed by atoms with Gasteiger partial charge >= 0.3 is 0 Å². The summed E-state index contributed by atoms with van der Waals surface area (Å²) in [5.41, 5.74) is 7.59. The third-order valence-electron chi connectivity index (χ3n) is 6.49.